The number of unbranched alkanes of at least 4 members (excludes halogenated alkanes) is 1. The number of aliphatic carboxylic acids is 1. The Labute approximate surface area is 270 Å². The topological polar surface area (TPSA) is 197 Å². The highest BCUT2D eigenvalue weighted by molar-refractivity contribution is 5.96. The van der Waals surface area contributed by atoms with Gasteiger partial charge in [0.15, 0.2) is 0 Å². The van der Waals surface area contributed by atoms with E-state index in [1.165, 1.54) is 4.90 Å². The van der Waals surface area contributed by atoms with Gasteiger partial charge < -0.3 is 37.4 Å². The number of carboxylic acids is 1. The first-order valence-electron chi connectivity index (χ1n) is 16.0. The number of carbonyl (C=O) groups excluding carboxylic acids is 4. The molecule has 0 bridgehead atoms. The Kier molecular flexibility index (Phi) is 14.2. The molecule has 12 heteroatoms. The first-order valence-corrected chi connectivity index (χ1v) is 16.0. The SMILES string of the molecule is CC(C)[C@H](N)C(=O)N[C@@H](Cc1ccccc1)C(=O)N1CCC[C@H]1C(=O)N[C@@H](Cc1ccccc1)C(=O)N[C@@H](CCCCN)C(=O)O. The van der Waals surface area contributed by atoms with Crippen LogP contribution in [0.2, 0.25) is 0 Å². The van der Waals surface area contributed by atoms with Crippen LogP contribution in [0.15, 0.2) is 60.7 Å². The van der Waals surface area contributed by atoms with Gasteiger partial charge in [0, 0.05) is 19.4 Å². The molecule has 1 heterocycles. The van der Waals surface area contributed by atoms with Crippen LogP contribution in [0.25, 0.3) is 0 Å². The molecule has 0 spiro atoms. The van der Waals surface area contributed by atoms with E-state index in [2.05, 4.69) is 16.0 Å². The lowest BCUT2D eigenvalue weighted by Gasteiger charge is -2.31. The van der Waals surface area contributed by atoms with E-state index in [9.17, 15) is 29.1 Å². The fraction of sp³-hybridized carbons (Fsp3) is 0.500. The molecule has 12 nitrogen and oxygen atoms in total. The molecule has 1 aliphatic heterocycles. The Hall–Kier alpha value is -4.29. The highest BCUT2D eigenvalue weighted by Crippen LogP contribution is 2.21. The minimum absolute atomic E-state index is 0.119. The van der Waals surface area contributed by atoms with Crippen molar-refractivity contribution in [3.8, 4) is 0 Å². The number of nitrogens with zero attached hydrogens (tertiary/aromatic N) is 1. The highest BCUT2D eigenvalue weighted by Gasteiger charge is 2.39. The van der Waals surface area contributed by atoms with Crippen LogP contribution < -0.4 is 27.4 Å². The zero-order chi connectivity index (χ0) is 33.6. The molecule has 1 aliphatic rings. The number of rotatable bonds is 17. The van der Waals surface area contributed by atoms with Gasteiger partial charge in [-0.2, -0.15) is 0 Å². The van der Waals surface area contributed by atoms with Gasteiger partial charge in [0.2, 0.25) is 23.6 Å². The number of carboxylic acid groups (broad SMARTS) is 1. The van der Waals surface area contributed by atoms with Gasteiger partial charge in [0.25, 0.3) is 0 Å². The van der Waals surface area contributed by atoms with Crippen LogP contribution in [-0.2, 0) is 36.8 Å². The van der Waals surface area contributed by atoms with Crippen LogP contribution in [0, 0.1) is 5.92 Å². The monoisotopic (exact) mass is 636 g/mol. The molecule has 2 aromatic carbocycles. The Morgan fingerprint density at radius 2 is 1.39 bits per heavy atom. The maximum atomic E-state index is 14.0. The molecule has 3 rings (SSSR count). The molecule has 250 valence electrons. The van der Waals surface area contributed by atoms with E-state index in [1.54, 1.807) is 0 Å². The Morgan fingerprint density at radius 1 is 0.826 bits per heavy atom. The normalized spacial score (nSPS) is 17.1. The Balaban J connectivity index is 1.81. The summed E-state index contributed by atoms with van der Waals surface area (Å²) in [6.07, 6.45) is 2.58. The molecule has 0 aromatic heterocycles. The van der Waals surface area contributed by atoms with Crippen LogP contribution in [0.4, 0.5) is 0 Å². The van der Waals surface area contributed by atoms with Crippen molar-refractivity contribution in [2.45, 2.75) is 89.0 Å². The lowest BCUT2D eigenvalue weighted by Crippen LogP contribution is -2.59. The molecule has 8 N–H and O–H groups in total. The molecule has 0 aliphatic carbocycles. The number of benzene rings is 2. The summed E-state index contributed by atoms with van der Waals surface area (Å²) < 4.78 is 0. The molecule has 1 saturated heterocycles. The van der Waals surface area contributed by atoms with E-state index in [0.29, 0.717) is 38.8 Å². The van der Waals surface area contributed by atoms with Gasteiger partial charge in [-0.3, -0.25) is 19.2 Å². The first kappa shape index (κ1) is 36.2. The summed E-state index contributed by atoms with van der Waals surface area (Å²) in [6.45, 7) is 4.34. The molecule has 2 aromatic rings. The number of carbonyl (C=O) groups is 5. The number of hydrogen-bond donors (Lipinski definition) is 6. The molecule has 0 radical (unpaired) electrons. The van der Waals surface area contributed by atoms with Crippen LogP contribution in [0.5, 0.6) is 0 Å². The minimum Gasteiger partial charge on any atom is -0.480 e. The second-order valence-electron chi connectivity index (χ2n) is 12.1. The summed E-state index contributed by atoms with van der Waals surface area (Å²) in [6, 6.07) is 13.4. The quantitative estimate of drug-likeness (QED) is 0.139. The summed E-state index contributed by atoms with van der Waals surface area (Å²) in [4.78, 5) is 67.5. The van der Waals surface area contributed by atoms with Gasteiger partial charge in [0.05, 0.1) is 6.04 Å². The number of nitrogens with one attached hydrogen (secondary N) is 3. The van der Waals surface area contributed by atoms with Gasteiger partial charge in [-0.25, -0.2) is 4.79 Å². The first-order chi connectivity index (χ1) is 22.0. The predicted molar refractivity (Wildman–Crippen MR) is 174 cm³/mol. The molecule has 0 unspecified atom stereocenters. The van der Waals surface area contributed by atoms with Crippen molar-refractivity contribution in [2.24, 2.45) is 17.4 Å². The van der Waals surface area contributed by atoms with Crippen LogP contribution >= 0.6 is 0 Å². The van der Waals surface area contributed by atoms with Crippen molar-refractivity contribution >= 4 is 29.6 Å². The third-order valence-electron chi connectivity index (χ3n) is 8.23. The van der Waals surface area contributed by atoms with E-state index in [4.69, 9.17) is 11.5 Å². The summed E-state index contributed by atoms with van der Waals surface area (Å²) in [5.74, 6) is -3.35. The van der Waals surface area contributed by atoms with Crippen LogP contribution in [0.3, 0.4) is 0 Å². The predicted octanol–water partition coefficient (Wildman–Crippen LogP) is 1.11. The molecule has 46 heavy (non-hydrogen) atoms. The number of hydrogen-bond acceptors (Lipinski definition) is 7. The van der Waals surface area contributed by atoms with E-state index >= 15 is 0 Å². The average Bonchev–Trinajstić information content (AvgIpc) is 3.54. The summed E-state index contributed by atoms with van der Waals surface area (Å²) >= 11 is 0. The largest absolute Gasteiger partial charge is 0.480 e. The van der Waals surface area contributed by atoms with E-state index in [0.717, 1.165) is 11.1 Å². The lowest BCUT2D eigenvalue weighted by molar-refractivity contribution is -0.143. The van der Waals surface area contributed by atoms with Crippen molar-refractivity contribution in [1.82, 2.24) is 20.9 Å². The molecule has 1 fully saturated rings. The Bertz CT molecular complexity index is 1310. The summed E-state index contributed by atoms with van der Waals surface area (Å²) in [7, 11) is 0. The van der Waals surface area contributed by atoms with Gasteiger partial charge in [0.1, 0.15) is 24.2 Å². The van der Waals surface area contributed by atoms with Crippen molar-refractivity contribution in [1.29, 1.82) is 0 Å². The van der Waals surface area contributed by atoms with Gasteiger partial charge >= 0.3 is 5.97 Å². The fourth-order valence-corrected chi connectivity index (χ4v) is 5.47. The Morgan fingerprint density at radius 3 is 1.93 bits per heavy atom. The van der Waals surface area contributed by atoms with Crippen molar-refractivity contribution in [3.05, 3.63) is 71.8 Å². The number of nitrogens with two attached hydrogens (primary N) is 2. The van der Waals surface area contributed by atoms with Crippen molar-refractivity contribution in [2.75, 3.05) is 13.1 Å². The highest BCUT2D eigenvalue weighted by atomic mass is 16.4. The fourth-order valence-electron chi connectivity index (χ4n) is 5.47. The molecule has 4 amide bonds. The van der Waals surface area contributed by atoms with Crippen LogP contribution in [0.1, 0.15) is 57.1 Å². The van der Waals surface area contributed by atoms with Gasteiger partial charge in [-0.15, -0.1) is 0 Å². The van der Waals surface area contributed by atoms with E-state index in [-0.39, 0.29) is 25.2 Å². The average molecular weight is 637 g/mol. The second-order valence-corrected chi connectivity index (χ2v) is 12.1. The maximum Gasteiger partial charge on any atom is 0.326 e. The molecule has 0 saturated carbocycles. The second kappa shape index (κ2) is 18.0. The van der Waals surface area contributed by atoms with E-state index in [1.807, 2.05) is 74.5 Å². The third kappa shape index (κ3) is 10.7. The zero-order valence-electron chi connectivity index (χ0n) is 26.7. The minimum atomic E-state index is -1.17. The molecular formula is C34H48N6O6. The van der Waals surface area contributed by atoms with E-state index < -0.39 is 59.8 Å². The zero-order valence-corrected chi connectivity index (χ0v) is 26.7. The summed E-state index contributed by atoms with van der Waals surface area (Å²) in [5.41, 5.74) is 13.2. The molecular weight excluding hydrogens is 588 g/mol. The standard InChI is InChI=1S/C34H48N6O6/c1-22(2)29(36)32(43)39-27(21-24-14-7-4-8-15-24)33(44)40-19-11-17-28(40)31(42)38-26(20-23-12-5-3-6-13-23)30(41)37-25(34(45)46)16-9-10-18-35/h3-8,12-15,22,25-29H,9-11,16-21,35-36H2,1-2H3,(H,37,41)(H,38,42)(H,39,43)(H,45,46)/t25-,26-,27-,28-,29-/m0/s1. The molecule has 5 atom stereocenters. The smallest absolute Gasteiger partial charge is 0.326 e. The number of likely N-dealkylation sites (tertiary alicyclic amines) is 1. The van der Waals surface area contributed by atoms with Crippen molar-refractivity contribution < 1.29 is 29.1 Å². The third-order valence-corrected chi connectivity index (χ3v) is 8.23. The summed E-state index contributed by atoms with van der Waals surface area (Å²) in [5, 5.41) is 17.9. The van der Waals surface area contributed by atoms with Crippen molar-refractivity contribution in [3.63, 3.8) is 0 Å². The number of amides is 4. The van der Waals surface area contributed by atoms with Crippen LogP contribution in [-0.4, -0.2) is 82.9 Å². The maximum absolute atomic E-state index is 14.0. The lowest BCUT2D eigenvalue weighted by atomic mass is 10.0. The van der Waals surface area contributed by atoms with Gasteiger partial charge in [-0.05, 0) is 55.7 Å². The van der Waals surface area contributed by atoms with Gasteiger partial charge in [-0.1, -0.05) is 74.5 Å².